The van der Waals surface area contributed by atoms with Crippen LogP contribution in [0.2, 0.25) is 10.0 Å². The highest BCUT2D eigenvalue weighted by Crippen LogP contribution is 2.21. The highest BCUT2D eigenvalue weighted by Gasteiger charge is 2.25. The lowest BCUT2D eigenvalue weighted by molar-refractivity contribution is -0.146. The molecule has 1 heterocycles. The lowest BCUT2D eigenvalue weighted by atomic mass is 10.1. The van der Waals surface area contributed by atoms with E-state index in [4.69, 9.17) is 23.2 Å². The summed E-state index contributed by atoms with van der Waals surface area (Å²) in [4.78, 5) is 27.9. The van der Waals surface area contributed by atoms with Crippen LogP contribution in [0.4, 0.5) is 0 Å². The van der Waals surface area contributed by atoms with Crippen molar-refractivity contribution in [2.75, 3.05) is 39.3 Å². The molecule has 1 aliphatic heterocycles. The molecule has 0 aromatic heterocycles. The van der Waals surface area contributed by atoms with Crippen molar-refractivity contribution in [3.63, 3.8) is 0 Å². The second-order valence-electron chi connectivity index (χ2n) is 5.47. The molecule has 1 aromatic carbocycles. The molecule has 126 valence electrons. The molecule has 0 aliphatic carbocycles. The molecule has 1 aliphatic rings. The Kier molecular flexibility index (Phi) is 6.69. The standard InChI is InChI=1S/C16H21Cl2N3O2/c1-2-20-7-9-21(10-8-20)16(23)15(22)19-6-5-12-3-4-13(17)11-14(12)18/h3-4,11H,2,5-10H2,1H3,(H,19,22). The Balaban J connectivity index is 1.77. The van der Waals surface area contributed by atoms with Crippen molar-refractivity contribution in [1.29, 1.82) is 0 Å². The number of hydrogen-bond donors (Lipinski definition) is 1. The molecule has 2 rings (SSSR count). The van der Waals surface area contributed by atoms with Gasteiger partial charge in [-0.3, -0.25) is 9.59 Å². The van der Waals surface area contributed by atoms with Crippen LogP contribution in [0.5, 0.6) is 0 Å². The van der Waals surface area contributed by atoms with E-state index in [2.05, 4.69) is 17.1 Å². The van der Waals surface area contributed by atoms with Crippen LogP contribution >= 0.6 is 23.2 Å². The monoisotopic (exact) mass is 357 g/mol. The van der Waals surface area contributed by atoms with Crippen LogP contribution in [0.15, 0.2) is 18.2 Å². The summed E-state index contributed by atoms with van der Waals surface area (Å²) >= 11 is 11.9. The molecular formula is C16H21Cl2N3O2. The number of benzene rings is 1. The molecule has 2 amide bonds. The average molecular weight is 358 g/mol. The zero-order chi connectivity index (χ0) is 16.8. The van der Waals surface area contributed by atoms with Gasteiger partial charge in [0.2, 0.25) is 0 Å². The number of likely N-dealkylation sites (N-methyl/N-ethyl adjacent to an activating group) is 1. The van der Waals surface area contributed by atoms with Crippen LogP contribution in [-0.4, -0.2) is 60.9 Å². The molecule has 5 nitrogen and oxygen atoms in total. The summed E-state index contributed by atoms with van der Waals surface area (Å²) in [6, 6.07) is 5.24. The van der Waals surface area contributed by atoms with Gasteiger partial charge in [-0.1, -0.05) is 36.2 Å². The SMILES string of the molecule is CCN1CCN(C(=O)C(=O)NCCc2ccc(Cl)cc2Cl)CC1. The summed E-state index contributed by atoms with van der Waals surface area (Å²) in [6.45, 7) is 6.25. The predicted molar refractivity (Wildman–Crippen MR) is 91.9 cm³/mol. The Morgan fingerprint density at radius 3 is 2.48 bits per heavy atom. The second kappa shape index (κ2) is 8.52. The van der Waals surface area contributed by atoms with Gasteiger partial charge in [-0.15, -0.1) is 0 Å². The summed E-state index contributed by atoms with van der Waals surface area (Å²) in [7, 11) is 0. The molecule has 0 saturated carbocycles. The molecule has 0 radical (unpaired) electrons. The van der Waals surface area contributed by atoms with E-state index in [-0.39, 0.29) is 0 Å². The van der Waals surface area contributed by atoms with E-state index in [9.17, 15) is 9.59 Å². The van der Waals surface area contributed by atoms with Gasteiger partial charge in [0.15, 0.2) is 0 Å². The van der Waals surface area contributed by atoms with Crippen molar-refractivity contribution < 1.29 is 9.59 Å². The van der Waals surface area contributed by atoms with Crippen LogP contribution < -0.4 is 5.32 Å². The number of nitrogens with one attached hydrogen (secondary N) is 1. The molecule has 0 spiro atoms. The van der Waals surface area contributed by atoms with Gasteiger partial charge in [0.05, 0.1) is 0 Å². The number of piperazine rings is 1. The highest BCUT2D eigenvalue weighted by molar-refractivity contribution is 6.35. The van der Waals surface area contributed by atoms with Crippen molar-refractivity contribution >= 4 is 35.0 Å². The largest absolute Gasteiger partial charge is 0.347 e. The molecule has 1 aromatic rings. The highest BCUT2D eigenvalue weighted by atomic mass is 35.5. The van der Waals surface area contributed by atoms with Crippen molar-refractivity contribution in [3.8, 4) is 0 Å². The quantitative estimate of drug-likeness (QED) is 0.836. The number of carbonyl (C=O) groups excluding carboxylic acids is 2. The minimum Gasteiger partial charge on any atom is -0.347 e. The maximum atomic E-state index is 12.1. The number of rotatable bonds is 4. The first-order valence-corrected chi connectivity index (χ1v) is 8.50. The third kappa shape index (κ3) is 5.09. The first-order valence-electron chi connectivity index (χ1n) is 7.74. The van der Waals surface area contributed by atoms with Gasteiger partial charge in [-0.05, 0) is 30.7 Å². The van der Waals surface area contributed by atoms with Crippen LogP contribution in [0.1, 0.15) is 12.5 Å². The van der Waals surface area contributed by atoms with Gasteiger partial charge in [0, 0.05) is 42.8 Å². The van der Waals surface area contributed by atoms with Gasteiger partial charge >= 0.3 is 11.8 Å². The van der Waals surface area contributed by atoms with E-state index in [0.717, 1.165) is 25.2 Å². The van der Waals surface area contributed by atoms with Gasteiger partial charge in [0.25, 0.3) is 0 Å². The first kappa shape index (κ1) is 18.0. The Bertz CT molecular complexity index is 572. The summed E-state index contributed by atoms with van der Waals surface area (Å²) in [5.41, 5.74) is 0.889. The van der Waals surface area contributed by atoms with Crippen LogP contribution in [0.3, 0.4) is 0 Å². The predicted octanol–water partition coefficient (Wildman–Crippen LogP) is 1.82. The van der Waals surface area contributed by atoms with Crippen LogP contribution in [0.25, 0.3) is 0 Å². The smallest absolute Gasteiger partial charge is 0.311 e. The van der Waals surface area contributed by atoms with Gasteiger partial charge in [0.1, 0.15) is 0 Å². The van der Waals surface area contributed by atoms with E-state index >= 15 is 0 Å². The summed E-state index contributed by atoms with van der Waals surface area (Å²) in [5.74, 6) is -1.01. The molecule has 7 heteroatoms. The minimum atomic E-state index is -0.556. The molecule has 1 N–H and O–H groups in total. The third-order valence-electron chi connectivity index (χ3n) is 4.00. The second-order valence-corrected chi connectivity index (χ2v) is 6.31. The van der Waals surface area contributed by atoms with E-state index in [1.165, 1.54) is 0 Å². The molecular weight excluding hydrogens is 337 g/mol. The van der Waals surface area contributed by atoms with E-state index in [1.807, 2.05) is 6.07 Å². The van der Waals surface area contributed by atoms with Crippen LogP contribution in [-0.2, 0) is 16.0 Å². The number of halogens is 2. The Morgan fingerprint density at radius 1 is 1.17 bits per heavy atom. The normalized spacial score (nSPS) is 15.5. The number of carbonyl (C=O) groups is 2. The maximum Gasteiger partial charge on any atom is 0.311 e. The van der Waals surface area contributed by atoms with Crippen molar-refractivity contribution in [2.24, 2.45) is 0 Å². The Labute approximate surface area is 146 Å². The maximum absolute atomic E-state index is 12.1. The molecule has 0 unspecified atom stereocenters. The fraction of sp³-hybridized carbons (Fsp3) is 0.500. The van der Waals surface area contributed by atoms with E-state index in [0.29, 0.717) is 36.1 Å². The van der Waals surface area contributed by atoms with E-state index < -0.39 is 11.8 Å². The average Bonchev–Trinajstić information content (AvgIpc) is 2.56. The topological polar surface area (TPSA) is 52.7 Å². The Morgan fingerprint density at radius 2 is 1.87 bits per heavy atom. The number of amides is 2. The van der Waals surface area contributed by atoms with Gasteiger partial charge in [-0.2, -0.15) is 0 Å². The third-order valence-corrected chi connectivity index (χ3v) is 4.58. The lowest BCUT2D eigenvalue weighted by Gasteiger charge is -2.33. The minimum absolute atomic E-state index is 0.362. The lowest BCUT2D eigenvalue weighted by Crippen LogP contribution is -2.52. The number of nitrogens with zero attached hydrogens (tertiary/aromatic N) is 2. The summed E-state index contributed by atoms with van der Waals surface area (Å²) in [5, 5.41) is 3.80. The zero-order valence-corrected chi connectivity index (χ0v) is 14.7. The molecule has 1 fully saturated rings. The molecule has 1 saturated heterocycles. The van der Waals surface area contributed by atoms with Crippen molar-refractivity contribution in [1.82, 2.24) is 15.1 Å². The van der Waals surface area contributed by atoms with Crippen LogP contribution in [0, 0.1) is 0 Å². The summed E-state index contributed by atoms with van der Waals surface area (Å²) < 4.78 is 0. The van der Waals surface area contributed by atoms with Gasteiger partial charge in [-0.25, -0.2) is 0 Å². The van der Waals surface area contributed by atoms with Crippen molar-refractivity contribution in [2.45, 2.75) is 13.3 Å². The zero-order valence-electron chi connectivity index (χ0n) is 13.1. The number of hydrogen-bond acceptors (Lipinski definition) is 3. The van der Waals surface area contributed by atoms with Crippen molar-refractivity contribution in [3.05, 3.63) is 33.8 Å². The molecule has 0 atom stereocenters. The Hall–Kier alpha value is -1.30. The fourth-order valence-corrected chi connectivity index (χ4v) is 3.02. The van der Waals surface area contributed by atoms with E-state index in [1.54, 1.807) is 17.0 Å². The first-order chi connectivity index (χ1) is 11.0. The summed E-state index contributed by atoms with van der Waals surface area (Å²) in [6.07, 6.45) is 0.554. The fourth-order valence-electron chi connectivity index (χ4n) is 2.52. The molecule has 0 bridgehead atoms. The van der Waals surface area contributed by atoms with Gasteiger partial charge < -0.3 is 15.1 Å². The molecule has 23 heavy (non-hydrogen) atoms.